The van der Waals surface area contributed by atoms with Gasteiger partial charge < -0.3 is 4.74 Å². The zero-order valence-corrected chi connectivity index (χ0v) is 7.13. The topological polar surface area (TPSA) is 9.23 Å². The Morgan fingerprint density at radius 2 is 2.09 bits per heavy atom. The fraction of sp³-hybridized carbons (Fsp3) is 0.200. The Bertz CT molecular complexity index is 197. The van der Waals surface area contributed by atoms with E-state index in [1.165, 1.54) is 0 Å². The van der Waals surface area contributed by atoms with Gasteiger partial charge in [0.2, 0.25) is 0 Å². The van der Waals surface area contributed by atoms with Crippen LogP contribution in [0.3, 0.4) is 0 Å². The van der Waals surface area contributed by atoms with Gasteiger partial charge in [-0.3, -0.25) is 0 Å². The van der Waals surface area contributed by atoms with Gasteiger partial charge in [-0.25, -0.2) is 0 Å². The molecule has 0 heterocycles. The maximum Gasteiger partial charge on any atom is 0.125 e. The molecule has 60 valence electrons. The molecule has 0 aromatic heterocycles. The van der Waals surface area contributed by atoms with Crippen LogP contribution in [0.5, 0.6) is 0 Å². The van der Waals surface area contributed by atoms with Gasteiger partial charge in [0.05, 0.1) is 7.11 Å². The summed E-state index contributed by atoms with van der Waals surface area (Å²) in [7, 11) is 1.62. The molecule has 0 amide bonds. The van der Waals surface area contributed by atoms with Crippen LogP contribution in [0.2, 0.25) is 0 Å². The first kappa shape index (κ1) is 9.76. The quantitative estimate of drug-likeness (QED) is 0.442. The van der Waals surface area contributed by atoms with Gasteiger partial charge >= 0.3 is 0 Å². The van der Waals surface area contributed by atoms with Crippen molar-refractivity contribution in [1.29, 1.82) is 0 Å². The largest absolute Gasteiger partial charge is 0.496 e. The predicted octanol–water partition coefficient (Wildman–Crippen LogP) is 2.84. The van der Waals surface area contributed by atoms with Crippen LogP contribution < -0.4 is 0 Å². The molecular weight excluding hydrogens is 136 g/mol. The summed E-state index contributed by atoms with van der Waals surface area (Å²) >= 11 is 0. The minimum absolute atomic E-state index is 0.748. The van der Waals surface area contributed by atoms with Crippen LogP contribution in [0.1, 0.15) is 6.92 Å². The van der Waals surface area contributed by atoms with Gasteiger partial charge in [-0.15, -0.1) is 0 Å². The number of ether oxygens (including phenoxy) is 1. The van der Waals surface area contributed by atoms with E-state index in [0.29, 0.717) is 0 Å². The maximum absolute atomic E-state index is 5.04. The van der Waals surface area contributed by atoms with E-state index < -0.39 is 0 Å². The highest BCUT2D eigenvalue weighted by Gasteiger charge is 1.94. The highest BCUT2D eigenvalue weighted by Crippen LogP contribution is 2.08. The third-order valence-corrected chi connectivity index (χ3v) is 1.22. The molecule has 0 fully saturated rings. The lowest BCUT2D eigenvalue weighted by atomic mass is 10.2. The molecule has 1 heteroatoms. The standard InChI is InChI=1S/C10H14O/c1-5-7-8-10(11-4)9(3)6-2/h5-8H,2-3H2,1,4H3/b7-5-,10-8+. The molecule has 0 unspecified atom stereocenters. The zero-order chi connectivity index (χ0) is 8.69. The fourth-order valence-corrected chi connectivity index (χ4v) is 0.590. The lowest BCUT2D eigenvalue weighted by Gasteiger charge is -2.02. The van der Waals surface area contributed by atoms with Crippen molar-refractivity contribution in [1.82, 2.24) is 0 Å². The minimum atomic E-state index is 0.748. The Morgan fingerprint density at radius 3 is 2.45 bits per heavy atom. The van der Waals surface area contributed by atoms with Crippen molar-refractivity contribution in [2.75, 3.05) is 7.11 Å². The summed E-state index contributed by atoms with van der Waals surface area (Å²) in [5.74, 6) is 0.748. The van der Waals surface area contributed by atoms with E-state index in [4.69, 9.17) is 4.74 Å². The molecule has 1 nitrogen and oxygen atoms in total. The van der Waals surface area contributed by atoms with Crippen molar-refractivity contribution in [3.8, 4) is 0 Å². The first-order valence-corrected chi connectivity index (χ1v) is 3.45. The second kappa shape index (κ2) is 5.54. The van der Waals surface area contributed by atoms with Crippen LogP contribution >= 0.6 is 0 Å². The molecule has 0 aromatic rings. The molecular formula is C10H14O. The average molecular weight is 150 g/mol. The number of methoxy groups -OCH3 is 1. The van der Waals surface area contributed by atoms with E-state index in [2.05, 4.69) is 13.2 Å². The van der Waals surface area contributed by atoms with Crippen molar-refractivity contribution >= 4 is 0 Å². The molecule has 0 spiro atoms. The third kappa shape index (κ3) is 3.46. The second-order valence-corrected chi connectivity index (χ2v) is 1.99. The first-order valence-electron chi connectivity index (χ1n) is 3.45. The molecule has 0 N–H and O–H groups in total. The molecule has 0 aliphatic heterocycles. The van der Waals surface area contributed by atoms with Crippen molar-refractivity contribution in [3.63, 3.8) is 0 Å². The summed E-state index contributed by atoms with van der Waals surface area (Å²) < 4.78 is 5.04. The van der Waals surface area contributed by atoms with E-state index in [1.54, 1.807) is 13.2 Å². The maximum atomic E-state index is 5.04. The Hall–Kier alpha value is -1.24. The molecule has 0 aromatic carbocycles. The Morgan fingerprint density at radius 1 is 1.45 bits per heavy atom. The van der Waals surface area contributed by atoms with Gasteiger partial charge in [0, 0.05) is 5.57 Å². The Balaban J connectivity index is 4.38. The second-order valence-electron chi connectivity index (χ2n) is 1.99. The number of allylic oxidation sites excluding steroid dienone is 4. The Labute approximate surface area is 68.4 Å². The van der Waals surface area contributed by atoms with Gasteiger partial charge in [0.15, 0.2) is 0 Å². The fourth-order valence-electron chi connectivity index (χ4n) is 0.590. The molecule has 0 aliphatic carbocycles. The SMILES string of the molecule is C=CC(=C)/C(=C\C=C/C)OC. The molecule has 0 saturated carbocycles. The lowest BCUT2D eigenvalue weighted by molar-refractivity contribution is 0.303. The van der Waals surface area contributed by atoms with Crippen LogP contribution in [0.15, 0.2) is 48.8 Å². The van der Waals surface area contributed by atoms with Gasteiger partial charge in [0.1, 0.15) is 5.76 Å². The van der Waals surface area contributed by atoms with Gasteiger partial charge in [-0.05, 0) is 13.0 Å². The first-order chi connectivity index (χ1) is 5.26. The number of hydrogen-bond acceptors (Lipinski definition) is 1. The van der Waals surface area contributed by atoms with E-state index in [-0.39, 0.29) is 0 Å². The molecule has 0 saturated heterocycles. The van der Waals surface area contributed by atoms with Crippen LogP contribution in [0.4, 0.5) is 0 Å². The van der Waals surface area contributed by atoms with Crippen molar-refractivity contribution < 1.29 is 4.74 Å². The molecule has 0 radical (unpaired) electrons. The van der Waals surface area contributed by atoms with E-state index in [1.807, 2.05) is 25.2 Å². The smallest absolute Gasteiger partial charge is 0.125 e. The highest BCUT2D eigenvalue weighted by molar-refractivity contribution is 5.33. The van der Waals surface area contributed by atoms with Gasteiger partial charge in [-0.2, -0.15) is 0 Å². The molecule has 0 bridgehead atoms. The Kier molecular flexibility index (Phi) is 4.91. The molecule has 11 heavy (non-hydrogen) atoms. The summed E-state index contributed by atoms with van der Waals surface area (Å²) in [6, 6.07) is 0. The van der Waals surface area contributed by atoms with Crippen LogP contribution in [-0.4, -0.2) is 7.11 Å². The lowest BCUT2D eigenvalue weighted by Crippen LogP contribution is -1.86. The number of rotatable bonds is 4. The summed E-state index contributed by atoms with van der Waals surface area (Å²) in [6.45, 7) is 9.29. The van der Waals surface area contributed by atoms with Crippen molar-refractivity contribution in [2.24, 2.45) is 0 Å². The van der Waals surface area contributed by atoms with Gasteiger partial charge in [0.25, 0.3) is 0 Å². The molecule has 0 aliphatic rings. The summed E-state index contributed by atoms with van der Waals surface area (Å²) in [5.41, 5.74) is 0.797. The van der Waals surface area contributed by atoms with Crippen LogP contribution in [-0.2, 0) is 4.74 Å². The monoisotopic (exact) mass is 150 g/mol. The minimum Gasteiger partial charge on any atom is -0.496 e. The normalized spacial score (nSPS) is 11.6. The summed E-state index contributed by atoms with van der Waals surface area (Å²) in [5, 5.41) is 0. The van der Waals surface area contributed by atoms with Gasteiger partial charge in [-0.1, -0.05) is 31.4 Å². The third-order valence-electron chi connectivity index (χ3n) is 1.22. The van der Waals surface area contributed by atoms with E-state index >= 15 is 0 Å². The van der Waals surface area contributed by atoms with Crippen molar-refractivity contribution in [2.45, 2.75) is 6.92 Å². The average Bonchev–Trinajstić information content (AvgIpc) is 2.05. The summed E-state index contributed by atoms with van der Waals surface area (Å²) in [4.78, 5) is 0. The summed E-state index contributed by atoms with van der Waals surface area (Å²) in [6.07, 6.45) is 7.34. The molecule has 0 rings (SSSR count). The molecule has 0 atom stereocenters. The van der Waals surface area contributed by atoms with E-state index in [9.17, 15) is 0 Å². The van der Waals surface area contributed by atoms with Crippen LogP contribution in [0.25, 0.3) is 0 Å². The predicted molar refractivity (Wildman–Crippen MR) is 49.2 cm³/mol. The zero-order valence-electron chi connectivity index (χ0n) is 7.13. The number of hydrogen-bond donors (Lipinski definition) is 0. The van der Waals surface area contributed by atoms with E-state index in [0.717, 1.165) is 11.3 Å². The van der Waals surface area contributed by atoms with Crippen molar-refractivity contribution in [3.05, 3.63) is 48.8 Å². The van der Waals surface area contributed by atoms with Crippen LogP contribution in [0, 0.1) is 0 Å². The highest BCUT2D eigenvalue weighted by atomic mass is 16.5.